The fraction of sp³-hybridized carbons (Fsp3) is 0.250. The number of alkyl halides is 6. The number of aromatic nitrogens is 3. The molecular formula is C12H10ClF5N6O2. The van der Waals surface area contributed by atoms with Crippen molar-refractivity contribution in [2.24, 2.45) is 5.84 Å². The van der Waals surface area contributed by atoms with E-state index in [4.69, 9.17) is 5.84 Å². The normalized spacial score (nSPS) is 11.8. The maximum atomic E-state index is 12.5. The summed E-state index contributed by atoms with van der Waals surface area (Å²) in [5, 5.41) is 2.61. The number of nitrogens with one attached hydrogen (secondary N) is 2. The molecule has 2 rings (SSSR count). The number of nitrogens with zero attached hydrogens (tertiary/aromatic N) is 3. The highest BCUT2D eigenvalue weighted by Gasteiger charge is 2.29. The third-order valence-corrected chi connectivity index (χ3v) is 2.53. The van der Waals surface area contributed by atoms with Crippen LogP contribution < -0.4 is 26.1 Å². The molecule has 1 heterocycles. The summed E-state index contributed by atoms with van der Waals surface area (Å²) in [4.78, 5) is 10.9. The summed E-state index contributed by atoms with van der Waals surface area (Å²) in [5.41, 5.74) is -1.52. The largest absolute Gasteiger partial charge is 0.487 e. The van der Waals surface area contributed by atoms with Crippen molar-refractivity contribution in [1.29, 1.82) is 0 Å². The molecule has 0 radical (unpaired) electrons. The highest BCUT2D eigenvalue weighted by Crippen LogP contribution is 2.27. The molecule has 2 aromatic rings. The quantitative estimate of drug-likeness (QED) is 0.282. The lowest BCUT2D eigenvalue weighted by molar-refractivity contribution is -0.154. The van der Waals surface area contributed by atoms with E-state index in [2.05, 4.69) is 41.3 Å². The average Bonchev–Trinajstić information content (AvgIpc) is 2.52. The van der Waals surface area contributed by atoms with Crippen molar-refractivity contribution < 1.29 is 31.4 Å². The van der Waals surface area contributed by atoms with E-state index in [9.17, 15) is 22.0 Å². The number of nitrogens with two attached hydrogens (primary N) is 1. The van der Waals surface area contributed by atoms with Gasteiger partial charge in [-0.15, -0.1) is 8.78 Å². The number of nitrogen functional groups attached to an aromatic ring is 1. The summed E-state index contributed by atoms with van der Waals surface area (Å²) < 4.78 is 70.2. The van der Waals surface area contributed by atoms with Crippen molar-refractivity contribution in [1.82, 2.24) is 15.0 Å². The smallest absolute Gasteiger partial charge is 0.454 e. The van der Waals surface area contributed by atoms with E-state index in [1.54, 1.807) is 0 Å². The lowest BCUT2D eigenvalue weighted by Crippen LogP contribution is -2.21. The Balaban J connectivity index is 2.12. The Hall–Kier alpha value is -2.67. The van der Waals surface area contributed by atoms with Crippen molar-refractivity contribution >= 4 is 29.2 Å². The first-order chi connectivity index (χ1) is 12.0. The minimum absolute atomic E-state index is 0.207. The van der Waals surface area contributed by atoms with Gasteiger partial charge in [0.25, 0.3) is 0 Å². The second kappa shape index (κ2) is 7.70. The minimum atomic E-state index is -4.59. The predicted octanol–water partition coefficient (Wildman–Crippen LogP) is 3.01. The third-order valence-electron chi connectivity index (χ3n) is 2.45. The Labute approximate surface area is 147 Å². The molecule has 0 aliphatic rings. The molecule has 0 saturated carbocycles. The predicted molar refractivity (Wildman–Crippen MR) is 80.3 cm³/mol. The SMILES string of the molecule is NNc1nc(Nc2ccc(OC(F)(F)Cl)cc2)nc(OCC(F)(F)F)n1. The fourth-order valence-electron chi connectivity index (χ4n) is 1.56. The molecule has 0 atom stereocenters. The van der Waals surface area contributed by atoms with Crippen LogP contribution in [0.5, 0.6) is 11.8 Å². The zero-order chi connectivity index (χ0) is 19.4. The summed E-state index contributed by atoms with van der Waals surface area (Å²) >= 11 is 4.64. The van der Waals surface area contributed by atoms with Gasteiger partial charge in [0, 0.05) is 17.3 Å². The zero-order valence-corrected chi connectivity index (χ0v) is 13.3. The molecule has 0 fully saturated rings. The minimum Gasteiger partial charge on any atom is -0.454 e. The van der Waals surface area contributed by atoms with Crippen molar-refractivity contribution in [3.63, 3.8) is 0 Å². The molecule has 0 spiro atoms. The van der Waals surface area contributed by atoms with Crippen LogP contribution in [0.2, 0.25) is 0 Å². The number of benzene rings is 1. The van der Waals surface area contributed by atoms with Gasteiger partial charge in [0.15, 0.2) is 6.61 Å². The lowest BCUT2D eigenvalue weighted by atomic mass is 10.3. The van der Waals surface area contributed by atoms with Crippen LogP contribution in [0, 0.1) is 0 Å². The van der Waals surface area contributed by atoms with E-state index in [1.807, 2.05) is 5.43 Å². The Morgan fingerprint density at radius 2 is 1.62 bits per heavy atom. The topological polar surface area (TPSA) is 107 Å². The van der Waals surface area contributed by atoms with Crippen LogP contribution in [0.15, 0.2) is 24.3 Å². The molecule has 1 aromatic carbocycles. The van der Waals surface area contributed by atoms with Gasteiger partial charge in [0.1, 0.15) is 5.75 Å². The monoisotopic (exact) mass is 400 g/mol. The van der Waals surface area contributed by atoms with Gasteiger partial charge in [-0.3, -0.25) is 5.43 Å². The van der Waals surface area contributed by atoms with Gasteiger partial charge in [-0.25, -0.2) is 5.84 Å². The first-order valence-corrected chi connectivity index (χ1v) is 6.97. The van der Waals surface area contributed by atoms with Gasteiger partial charge >= 0.3 is 17.8 Å². The number of hydrogen-bond acceptors (Lipinski definition) is 8. The van der Waals surface area contributed by atoms with Crippen LogP contribution in [0.4, 0.5) is 39.5 Å². The number of hydrazine groups is 1. The number of anilines is 3. The van der Waals surface area contributed by atoms with E-state index >= 15 is 0 Å². The second-order valence-electron chi connectivity index (χ2n) is 4.51. The maximum absolute atomic E-state index is 12.5. The molecule has 0 amide bonds. The van der Waals surface area contributed by atoms with E-state index in [0.717, 1.165) is 0 Å². The molecule has 142 valence electrons. The molecule has 14 heteroatoms. The van der Waals surface area contributed by atoms with Gasteiger partial charge in [0.05, 0.1) is 0 Å². The molecule has 0 unspecified atom stereocenters. The second-order valence-corrected chi connectivity index (χ2v) is 4.95. The molecule has 0 saturated heterocycles. The standard InChI is InChI=1S/C12H10ClF5N6O2/c13-12(17,18)26-7-3-1-6(2-4-7)20-8-21-9(24-19)23-10(22-8)25-5-11(14,15)16/h1-4H,5,19H2,(H2,20,21,22,23,24). The molecule has 0 aliphatic carbocycles. The Morgan fingerprint density at radius 3 is 2.15 bits per heavy atom. The highest BCUT2D eigenvalue weighted by molar-refractivity contribution is 6.20. The lowest BCUT2D eigenvalue weighted by Gasteiger charge is -2.12. The fourth-order valence-corrected chi connectivity index (χ4v) is 1.65. The number of halogens is 6. The summed E-state index contributed by atoms with van der Waals surface area (Å²) in [7, 11) is 0. The van der Waals surface area contributed by atoms with Crippen LogP contribution in [0.1, 0.15) is 0 Å². The highest BCUT2D eigenvalue weighted by atomic mass is 35.5. The molecular weight excluding hydrogens is 391 g/mol. The van der Waals surface area contributed by atoms with Crippen molar-refractivity contribution in [3.8, 4) is 11.8 Å². The zero-order valence-electron chi connectivity index (χ0n) is 12.5. The summed E-state index contributed by atoms with van der Waals surface area (Å²) in [5.74, 6) is 4.45. The van der Waals surface area contributed by atoms with Gasteiger partial charge in [-0.05, 0) is 24.3 Å². The number of ether oxygens (including phenoxy) is 2. The molecule has 0 bridgehead atoms. The summed E-state index contributed by atoms with van der Waals surface area (Å²) in [6.45, 7) is -1.61. The first kappa shape index (κ1) is 19.7. The van der Waals surface area contributed by atoms with Crippen molar-refractivity contribution in [2.75, 3.05) is 17.3 Å². The maximum Gasteiger partial charge on any atom is 0.487 e. The van der Waals surface area contributed by atoms with Crippen LogP contribution >= 0.6 is 11.6 Å². The van der Waals surface area contributed by atoms with Gasteiger partial charge in [-0.2, -0.15) is 28.1 Å². The summed E-state index contributed by atoms with van der Waals surface area (Å²) in [6.07, 6.45) is -4.59. The van der Waals surface area contributed by atoms with Crippen LogP contribution in [-0.2, 0) is 0 Å². The Morgan fingerprint density at radius 1 is 1.00 bits per heavy atom. The number of hydrogen-bond donors (Lipinski definition) is 3. The third kappa shape index (κ3) is 6.68. The van der Waals surface area contributed by atoms with Crippen LogP contribution in [0.3, 0.4) is 0 Å². The van der Waals surface area contributed by atoms with Gasteiger partial charge in [0.2, 0.25) is 11.9 Å². The van der Waals surface area contributed by atoms with Crippen LogP contribution in [0.25, 0.3) is 0 Å². The van der Waals surface area contributed by atoms with E-state index in [1.165, 1.54) is 24.3 Å². The Kier molecular flexibility index (Phi) is 5.82. The molecule has 8 nitrogen and oxygen atoms in total. The first-order valence-electron chi connectivity index (χ1n) is 6.59. The average molecular weight is 401 g/mol. The molecule has 4 N–H and O–H groups in total. The summed E-state index contributed by atoms with van der Waals surface area (Å²) in [6, 6.07) is 4.34. The van der Waals surface area contributed by atoms with Gasteiger partial charge in [-0.1, -0.05) is 0 Å². The molecule has 1 aromatic heterocycles. The van der Waals surface area contributed by atoms with Gasteiger partial charge < -0.3 is 14.8 Å². The molecule has 26 heavy (non-hydrogen) atoms. The number of rotatable bonds is 7. The van der Waals surface area contributed by atoms with Crippen molar-refractivity contribution in [2.45, 2.75) is 11.7 Å². The Bertz CT molecular complexity index is 740. The van der Waals surface area contributed by atoms with E-state index < -0.39 is 24.4 Å². The molecule has 0 aliphatic heterocycles. The van der Waals surface area contributed by atoms with Crippen molar-refractivity contribution in [3.05, 3.63) is 24.3 Å². The van der Waals surface area contributed by atoms with Crippen LogP contribution in [-0.4, -0.2) is 33.3 Å². The van der Waals surface area contributed by atoms with E-state index in [0.29, 0.717) is 5.69 Å². The van der Waals surface area contributed by atoms with E-state index in [-0.39, 0.29) is 17.6 Å².